The number of rotatable bonds is 4. The highest BCUT2D eigenvalue weighted by atomic mass is 32.1. The molecule has 1 rings (SSSR count). The highest BCUT2D eigenvalue weighted by Crippen LogP contribution is 2.09. The van der Waals surface area contributed by atoms with Gasteiger partial charge in [0.2, 0.25) is 11.8 Å². The van der Waals surface area contributed by atoms with Gasteiger partial charge in [-0.1, -0.05) is 5.18 Å². The summed E-state index contributed by atoms with van der Waals surface area (Å²) in [5.74, 6) is -0.762. The van der Waals surface area contributed by atoms with E-state index in [2.05, 4.69) is 23.1 Å². The van der Waals surface area contributed by atoms with Crippen molar-refractivity contribution < 1.29 is 14.3 Å². The number of nitrogens with one attached hydrogen (secondary N) is 1. The second-order valence-electron chi connectivity index (χ2n) is 3.63. The molecule has 0 aromatic heterocycles. The smallest absolute Gasteiger partial charge is 0.248 e. The van der Waals surface area contributed by atoms with Crippen LogP contribution in [0.5, 0.6) is 0 Å². The molecule has 0 saturated carbocycles. The Morgan fingerprint density at radius 3 is 2.47 bits per heavy atom. The molecule has 0 radical (unpaired) electrons. The molecule has 0 spiro atoms. The third-order valence-corrected chi connectivity index (χ3v) is 2.75. The van der Waals surface area contributed by atoms with Crippen molar-refractivity contribution in [2.45, 2.75) is 18.3 Å². The van der Waals surface area contributed by atoms with Crippen LogP contribution in [-0.4, -0.2) is 54.4 Å². The van der Waals surface area contributed by atoms with Gasteiger partial charge in [-0.15, -0.1) is 17.5 Å². The molecule has 1 aliphatic heterocycles. The summed E-state index contributed by atoms with van der Waals surface area (Å²) in [7, 11) is 0. The van der Waals surface area contributed by atoms with Gasteiger partial charge in [-0.25, -0.2) is 0 Å². The first kappa shape index (κ1) is 13.9. The average Bonchev–Trinajstić information content (AvgIpc) is 2.35. The molecule has 1 N–H and O–H groups in total. The summed E-state index contributed by atoms with van der Waals surface area (Å²) >= 11 is 3.89. The minimum atomic E-state index is -1.09. The number of hydrogen-bond acceptors (Lipinski definition) is 6. The zero-order valence-electron chi connectivity index (χ0n) is 9.46. The summed E-state index contributed by atoms with van der Waals surface area (Å²) in [6.07, 6.45) is 0. The predicted octanol–water partition coefficient (Wildman–Crippen LogP) is -0.628. The quantitative estimate of drug-likeness (QED) is 0.521. The maximum Gasteiger partial charge on any atom is 0.248 e. The lowest BCUT2D eigenvalue weighted by Gasteiger charge is -2.31. The largest absolute Gasteiger partial charge is 0.378 e. The van der Waals surface area contributed by atoms with Gasteiger partial charge < -0.3 is 15.0 Å². The van der Waals surface area contributed by atoms with Crippen molar-refractivity contribution in [3.8, 4) is 0 Å². The Hall–Kier alpha value is -1.15. The molecule has 1 heterocycles. The van der Waals surface area contributed by atoms with Crippen molar-refractivity contribution in [2.24, 2.45) is 5.18 Å². The van der Waals surface area contributed by atoms with E-state index in [1.54, 1.807) is 0 Å². The van der Waals surface area contributed by atoms with Gasteiger partial charge in [0, 0.05) is 20.0 Å². The van der Waals surface area contributed by atoms with Crippen LogP contribution in [0.15, 0.2) is 5.18 Å². The van der Waals surface area contributed by atoms with Crippen LogP contribution in [0.3, 0.4) is 0 Å². The van der Waals surface area contributed by atoms with Crippen LogP contribution in [0.4, 0.5) is 0 Å². The summed E-state index contributed by atoms with van der Waals surface area (Å²) < 4.78 is 5.11. The first-order valence-corrected chi connectivity index (χ1v) is 5.72. The van der Waals surface area contributed by atoms with Crippen LogP contribution < -0.4 is 5.32 Å². The van der Waals surface area contributed by atoms with Crippen molar-refractivity contribution in [1.82, 2.24) is 10.2 Å². The topological polar surface area (TPSA) is 88.1 Å². The number of amides is 2. The van der Waals surface area contributed by atoms with Crippen molar-refractivity contribution in [1.29, 1.82) is 0 Å². The molecule has 2 amide bonds. The third-order valence-electron chi connectivity index (χ3n) is 2.35. The normalized spacial score (nSPS) is 19.3. The second kappa shape index (κ2) is 6.55. The van der Waals surface area contributed by atoms with Crippen LogP contribution >= 0.6 is 12.6 Å². The van der Waals surface area contributed by atoms with Crippen molar-refractivity contribution in [3.63, 3.8) is 0 Å². The maximum atomic E-state index is 12.0. The van der Waals surface area contributed by atoms with Gasteiger partial charge in [-0.05, 0) is 0 Å². The molecular formula is C9H15N3O4S. The molecule has 0 aliphatic carbocycles. The van der Waals surface area contributed by atoms with E-state index in [1.807, 2.05) is 0 Å². The average molecular weight is 261 g/mol. The molecule has 1 saturated heterocycles. The van der Waals surface area contributed by atoms with E-state index in [1.165, 1.54) is 11.8 Å². The fourth-order valence-corrected chi connectivity index (χ4v) is 1.73. The zero-order valence-corrected chi connectivity index (χ0v) is 10.4. The first-order valence-electron chi connectivity index (χ1n) is 5.20. The van der Waals surface area contributed by atoms with Gasteiger partial charge in [-0.2, -0.15) is 0 Å². The Balaban J connectivity index is 2.70. The molecule has 1 fully saturated rings. The van der Waals surface area contributed by atoms with Crippen LogP contribution in [0.25, 0.3) is 0 Å². The third kappa shape index (κ3) is 3.97. The van der Waals surface area contributed by atoms with Gasteiger partial charge >= 0.3 is 0 Å². The summed E-state index contributed by atoms with van der Waals surface area (Å²) in [6, 6.07) is -1.02. The number of nitroso groups, excluding NO2 is 1. The molecule has 96 valence electrons. The lowest BCUT2D eigenvalue weighted by Crippen LogP contribution is -2.54. The first-order chi connectivity index (χ1) is 8.06. The number of ether oxygens (including phenoxy) is 1. The molecule has 7 nitrogen and oxygen atoms in total. The van der Waals surface area contributed by atoms with Gasteiger partial charge in [0.1, 0.15) is 6.04 Å². The van der Waals surface area contributed by atoms with E-state index in [0.717, 1.165) is 0 Å². The van der Waals surface area contributed by atoms with Crippen LogP contribution in [0.1, 0.15) is 6.92 Å². The molecule has 0 aromatic rings. The number of carbonyl (C=O) groups excluding carboxylic acids is 2. The van der Waals surface area contributed by atoms with E-state index in [0.29, 0.717) is 26.3 Å². The fraction of sp³-hybridized carbons (Fsp3) is 0.778. The molecule has 8 heteroatoms. The Labute approximate surface area is 104 Å². The van der Waals surface area contributed by atoms with Gasteiger partial charge in [0.15, 0.2) is 5.37 Å². The van der Waals surface area contributed by atoms with Crippen molar-refractivity contribution in [3.05, 3.63) is 4.91 Å². The standard InChI is InChI=1S/C9H15N3O4S/c1-6(13)10-7(8(17)11-15)9(14)12-2-4-16-5-3-12/h7-8,17H,2-5H2,1H3,(H,10,13)/t7?,8-/m1/s1. The van der Waals surface area contributed by atoms with Crippen molar-refractivity contribution in [2.75, 3.05) is 26.3 Å². The van der Waals surface area contributed by atoms with E-state index < -0.39 is 17.3 Å². The number of hydrogen-bond donors (Lipinski definition) is 2. The molecule has 0 bridgehead atoms. The molecule has 1 aliphatic rings. The molecule has 17 heavy (non-hydrogen) atoms. The minimum absolute atomic E-state index is 0.358. The van der Waals surface area contributed by atoms with Crippen LogP contribution in [-0.2, 0) is 14.3 Å². The number of carbonyl (C=O) groups is 2. The number of nitrogens with zero attached hydrogens (tertiary/aromatic N) is 2. The number of morpholine rings is 1. The molecule has 1 unspecified atom stereocenters. The van der Waals surface area contributed by atoms with Gasteiger partial charge in [-0.3, -0.25) is 9.59 Å². The summed E-state index contributed by atoms with van der Waals surface area (Å²) in [6.45, 7) is 3.04. The Bertz CT molecular complexity index is 307. The minimum Gasteiger partial charge on any atom is -0.378 e. The van der Waals surface area contributed by atoms with E-state index in [9.17, 15) is 14.5 Å². The van der Waals surface area contributed by atoms with E-state index in [-0.39, 0.29) is 5.91 Å². The molecule has 0 aromatic carbocycles. The summed E-state index contributed by atoms with van der Waals surface area (Å²) in [5, 5.41) is 3.98. The SMILES string of the molecule is CC(=O)NC(C(=O)N1CCOCC1)[C@@H](S)N=O. The fourth-order valence-electron chi connectivity index (χ4n) is 1.52. The lowest BCUT2D eigenvalue weighted by molar-refractivity contribution is -0.139. The Kier molecular flexibility index (Phi) is 5.36. The van der Waals surface area contributed by atoms with Crippen LogP contribution in [0.2, 0.25) is 0 Å². The van der Waals surface area contributed by atoms with E-state index >= 15 is 0 Å². The maximum absolute atomic E-state index is 12.0. The Morgan fingerprint density at radius 2 is 2.00 bits per heavy atom. The monoisotopic (exact) mass is 261 g/mol. The zero-order chi connectivity index (χ0) is 12.8. The highest BCUT2D eigenvalue weighted by Gasteiger charge is 2.32. The molecular weight excluding hydrogens is 246 g/mol. The van der Waals surface area contributed by atoms with Crippen molar-refractivity contribution >= 4 is 24.4 Å². The van der Waals surface area contributed by atoms with Gasteiger partial charge in [0.25, 0.3) is 0 Å². The summed E-state index contributed by atoms with van der Waals surface area (Å²) in [4.78, 5) is 35.0. The summed E-state index contributed by atoms with van der Waals surface area (Å²) in [5.41, 5.74) is 0. The highest BCUT2D eigenvalue weighted by molar-refractivity contribution is 7.81. The van der Waals surface area contributed by atoms with Crippen LogP contribution in [0, 0.1) is 4.91 Å². The Morgan fingerprint density at radius 1 is 1.41 bits per heavy atom. The van der Waals surface area contributed by atoms with E-state index in [4.69, 9.17) is 4.74 Å². The molecule has 2 atom stereocenters. The predicted molar refractivity (Wildman–Crippen MR) is 63.6 cm³/mol. The lowest BCUT2D eigenvalue weighted by atomic mass is 10.2. The second-order valence-corrected chi connectivity index (χ2v) is 4.16. The number of thiol groups is 1. The van der Waals surface area contributed by atoms with Gasteiger partial charge in [0.05, 0.1) is 13.2 Å².